The average molecular weight is 476 g/mol. The lowest BCUT2D eigenvalue weighted by Gasteiger charge is -2.36. The molecule has 0 aliphatic carbocycles. The van der Waals surface area contributed by atoms with Crippen LogP contribution in [0.2, 0.25) is 0 Å². The van der Waals surface area contributed by atoms with E-state index in [0.29, 0.717) is 54.7 Å². The number of para-hydroxylation sites is 1. The molecular formula is C27H29N3O5. The van der Waals surface area contributed by atoms with Gasteiger partial charge in [0.2, 0.25) is 0 Å². The Bertz CT molecular complexity index is 1120. The number of ether oxygens (including phenoxy) is 3. The highest BCUT2D eigenvalue weighted by atomic mass is 16.5. The van der Waals surface area contributed by atoms with Crippen LogP contribution < -0.4 is 24.4 Å². The van der Waals surface area contributed by atoms with E-state index in [1.165, 1.54) is 0 Å². The molecule has 182 valence electrons. The first-order valence-corrected chi connectivity index (χ1v) is 11.4. The number of amides is 2. The summed E-state index contributed by atoms with van der Waals surface area (Å²) in [5.74, 6) is 1.57. The Morgan fingerprint density at radius 2 is 1.43 bits per heavy atom. The van der Waals surface area contributed by atoms with Crippen molar-refractivity contribution in [2.45, 2.75) is 0 Å². The number of benzene rings is 3. The second-order valence-electron chi connectivity index (χ2n) is 8.08. The molecule has 1 saturated heterocycles. The zero-order valence-corrected chi connectivity index (χ0v) is 19.9. The summed E-state index contributed by atoms with van der Waals surface area (Å²) in [5, 5.41) is 2.85. The summed E-state index contributed by atoms with van der Waals surface area (Å²) in [5.41, 5.74) is 2.29. The molecule has 1 aliphatic rings. The molecule has 3 aromatic carbocycles. The molecule has 0 bridgehead atoms. The lowest BCUT2D eigenvalue weighted by Crippen LogP contribution is -2.48. The Balaban J connectivity index is 1.28. The maximum atomic E-state index is 13.0. The van der Waals surface area contributed by atoms with E-state index in [-0.39, 0.29) is 18.4 Å². The number of rotatable bonds is 8. The topological polar surface area (TPSA) is 80.3 Å². The van der Waals surface area contributed by atoms with Gasteiger partial charge in [-0.15, -0.1) is 0 Å². The zero-order valence-electron chi connectivity index (χ0n) is 19.9. The van der Waals surface area contributed by atoms with Gasteiger partial charge in [-0.1, -0.05) is 18.2 Å². The summed E-state index contributed by atoms with van der Waals surface area (Å²) in [7, 11) is 3.13. The quantitative estimate of drug-likeness (QED) is 0.535. The molecule has 0 radical (unpaired) electrons. The highest BCUT2D eigenvalue weighted by molar-refractivity contribution is 5.95. The van der Waals surface area contributed by atoms with Crippen LogP contribution in [0.4, 0.5) is 11.4 Å². The number of carbonyl (C=O) groups is 2. The van der Waals surface area contributed by atoms with Crippen molar-refractivity contribution in [3.05, 3.63) is 78.4 Å². The van der Waals surface area contributed by atoms with Crippen molar-refractivity contribution in [3.63, 3.8) is 0 Å². The summed E-state index contributed by atoms with van der Waals surface area (Å²) in [6.07, 6.45) is 0. The van der Waals surface area contributed by atoms with E-state index in [4.69, 9.17) is 14.2 Å². The largest absolute Gasteiger partial charge is 0.497 e. The minimum absolute atomic E-state index is 0.0439. The fourth-order valence-electron chi connectivity index (χ4n) is 3.90. The molecule has 0 spiro atoms. The number of nitrogens with one attached hydrogen (secondary N) is 1. The van der Waals surface area contributed by atoms with Crippen molar-refractivity contribution < 1.29 is 23.8 Å². The number of hydrogen-bond acceptors (Lipinski definition) is 6. The molecule has 4 rings (SSSR count). The Morgan fingerprint density at radius 1 is 0.800 bits per heavy atom. The van der Waals surface area contributed by atoms with Crippen molar-refractivity contribution in [2.75, 3.05) is 57.2 Å². The van der Waals surface area contributed by atoms with Gasteiger partial charge < -0.3 is 29.3 Å². The standard InChI is InChI=1S/C27H29N3O5/c1-33-24-16-20(17-25(18-24)34-2)27(32)30-14-12-29(13-15-30)22-10-8-21(9-11-22)28-26(31)19-35-23-6-4-3-5-7-23/h3-11,16-18H,12-15,19H2,1-2H3,(H,28,31). The molecule has 0 unspecified atom stereocenters. The van der Waals surface area contributed by atoms with Gasteiger partial charge in [-0.25, -0.2) is 0 Å². The van der Waals surface area contributed by atoms with Crippen LogP contribution in [0.25, 0.3) is 0 Å². The van der Waals surface area contributed by atoms with Gasteiger partial charge in [0.1, 0.15) is 17.2 Å². The highest BCUT2D eigenvalue weighted by Crippen LogP contribution is 2.25. The van der Waals surface area contributed by atoms with Gasteiger partial charge in [0.25, 0.3) is 11.8 Å². The maximum Gasteiger partial charge on any atom is 0.262 e. The molecule has 0 saturated carbocycles. The number of nitrogens with zero attached hydrogens (tertiary/aromatic N) is 2. The maximum absolute atomic E-state index is 13.0. The number of methoxy groups -OCH3 is 2. The Kier molecular flexibility index (Phi) is 7.72. The van der Waals surface area contributed by atoms with Crippen LogP contribution in [0.15, 0.2) is 72.8 Å². The van der Waals surface area contributed by atoms with Gasteiger partial charge in [0.05, 0.1) is 14.2 Å². The summed E-state index contributed by atoms with van der Waals surface area (Å²) in [6.45, 7) is 2.58. The second kappa shape index (κ2) is 11.3. The van der Waals surface area contributed by atoms with Crippen molar-refractivity contribution in [1.82, 2.24) is 4.90 Å². The fraction of sp³-hybridized carbons (Fsp3) is 0.259. The SMILES string of the molecule is COc1cc(OC)cc(C(=O)N2CCN(c3ccc(NC(=O)COc4ccccc4)cc3)CC2)c1. The molecule has 35 heavy (non-hydrogen) atoms. The van der Waals surface area contributed by atoms with Crippen LogP contribution in [0.1, 0.15) is 10.4 Å². The predicted octanol–water partition coefficient (Wildman–Crippen LogP) is 3.68. The number of piperazine rings is 1. The van der Waals surface area contributed by atoms with E-state index in [1.807, 2.05) is 59.5 Å². The van der Waals surface area contributed by atoms with Crippen LogP contribution in [0.5, 0.6) is 17.2 Å². The molecule has 0 atom stereocenters. The third-order valence-corrected chi connectivity index (χ3v) is 5.79. The van der Waals surface area contributed by atoms with Gasteiger partial charge >= 0.3 is 0 Å². The molecule has 3 aromatic rings. The fourth-order valence-corrected chi connectivity index (χ4v) is 3.90. The summed E-state index contributed by atoms with van der Waals surface area (Å²) >= 11 is 0. The first kappa shape index (κ1) is 23.9. The normalized spacial score (nSPS) is 13.2. The zero-order chi connectivity index (χ0) is 24.6. The summed E-state index contributed by atoms with van der Waals surface area (Å²) in [4.78, 5) is 29.2. The van der Waals surface area contributed by atoms with Crippen molar-refractivity contribution in [1.29, 1.82) is 0 Å². The van der Waals surface area contributed by atoms with Crippen molar-refractivity contribution in [3.8, 4) is 17.2 Å². The number of hydrogen-bond donors (Lipinski definition) is 1. The molecule has 2 amide bonds. The summed E-state index contributed by atoms with van der Waals surface area (Å²) < 4.78 is 16.0. The van der Waals surface area contributed by atoms with Gasteiger partial charge in [0.15, 0.2) is 6.61 Å². The van der Waals surface area contributed by atoms with E-state index in [0.717, 1.165) is 5.69 Å². The third-order valence-electron chi connectivity index (χ3n) is 5.79. The summed E-state index contributed by atoms with van der Waals surface area (Å²) in [6, 6.07) is 22.1. The van der Waals surface area contributed by atoms with E-state index in [2.05, 4.69) is 10.2 Å². The first-order chi connectivity index (χ1) is 17.1. The lowest BCUT2D eigenvalue weighted by molar-refractivity contribution is -0.118. The van der Waals surface area contributed by atoms with E-state index >= 15 is 0 Å². The molecule has 1 aliphatic heterocycles. The van der Waals surface area contributed by atoms with E-state index in [9.17, 15) is 9.59 Å². The smallest absolute Gasteiger partial charge is 0.262 e. The molecule has 1 fully saturated rings. The first-order valence-electron chi connectivity index (χ1n) is 11.4. The van der Waals surface area contributed by atoms with Crippen LogP contribution >= 0.6 is 0 Å². The monoisotopic (exact) mass is 475 g/mol. The van der Waals surface area contributed by atoms with Crippen LogP contribution in [0.3, 0.4) is 0 Å². The average Bonchev–Trinajstić information content (AvgIpc) is 2.92. The second-order valence-corrected chi connectivity index (χ2v) is 8.08. The third kappa shape index (κ3) is 6.23. The Hall–Kier alpha value is -4.20. The van der Waals surface area contributed by atoms with Crippen LogP contribution in [-0.2, 0) is 4.79 Å². The molecule has 1 N–H and O–H groups in total. The molecule has 0 aromatic heterocycles. The van der Waals surface area contributed by atoms with Crippen molar-refractivity contribution in [2.24, 2.45) is 0 Å². The van der Waals surface area contributed by atoms with Gasteiger partial charge in [0, 0.05) is 49.2 Å². The van der Waals surface area contributed by atoms with E-state index < -0.39 is 0 Å². The minimum Gasteiger partial charge on any atom is -0.497 e. The number of carbonyl (C=O) groups excluding carboxylic acids is 2. The molecule has 8 heteroatoms. The Morgan fingerprint density at radius 3 is 2.03 bits per heavy atom. The molecule has 8 nitrogen and oxygen atoms in total. The van der Waals surface area contributed by atoms with Crippen molar-refractivity contribution >= 4 is 23.2 Å². The molecule has 1 heterocycles. The minimum atomic E-state index is -0.220. The predicted molar refractivity (Wildman–Crippen MR) is 135 cm³/mol. The number of anilines is 2. The van der Waals surface area contributed by atoms with Gasteiger partial charge in [-0.05, 0) is 48.5 Å². The molecular weight excluding hydrogens is 446 g/mol. The highest BCUT2D eigenvalue weighted by Gasteiger charge is 2.23. The van der Waals surface area contributed by atoms with Crippen LogP contribution in [-0.4, -0.2) is 63.7 Å². The van der Waals surface area contributed by atoms with Gasteiger partial charge in [-0.2, -0.15) is 0 Å². The Labute approximate surface area is 205 Å². The van der Waals surface area contributed by atoms with Crippen LogP contribution in [0, 0.1) is 0 Å². The lowest BCUT2D eigenvalue weighted by atomic mass is 10.1. The van der Waals surface area contributed by atoms with Gasteiger partial charge in [-0.3, -0.25) is 9.59 Å². The van der Waals surface area contributed by atoms with E-state index in [1.54, 1.807) is 32.4 Å².